The molecule has 0 aliphatic rings. The second-order valence-electron chi connectivity index (χ2n) is 9.12. The van der Waals surface area contributed by atoms with Gasteiger partial charge in [-0.15, -0.1) is 0 Å². The highest BCUT2D eigenvalue weighted by atomic mass is 79.9. The van der Waals surface area contributed by atoms with E-state index in [-0.39, 0.29) is 24.3 Å². The van der Waals surface area contributed by atoms with Gasteiger partial charge in [0, 0.05) is 20.7 Å². The van der Waals surface area contributed by atoms with Crippen molar-refractivity contribution in [3.8, 4) is 0 Å². The number of alkyl halides is 2. The lowest BCUT2D eigenvalue weighted by Crippen LogP contribution is -2.24. The summed E-state index contributed by atoms with van der Waals surface area (Å²) in [5.74, 6) is -0.418. The molecule has 0 spiro atoms. The first-order valence-electron chi connectivity index (χ1n) is 14.5. The fourth-order valence-electron chi connectivity index (χ4n) is 3.14. The van der Waals surface area contributed by atoms with Crippen LogP contribution in [0.5, 0.6) is 0 Å². The third kappa shape index (κ3) is 21.2. The number of Topliss-reactive ketones (excluding diaryl/α,β-unsaturated/α-hetero) is 1. The van der Waals surface area contributed by atoms with Gasteiger partial charge >= 0.3 is 11.9 Å². The van der Waals surface area contributed by atoms with Crippen LogP contribution in [0.25, 0.3) is 0 Å². The Hall–Kier alpha value is -3.61. The Kier molecular flexibility index (Phi) is 24.1. The minimum Gasteiger partial charge on any atom is -0.465 e. The first-order chi connectivity index (χ1) is 23.6. The molecule has 49 heavy (non-hydrogen) atoms. The summed E-state index contributed by atoms with van der Waals surface area (Å²) in [6, 6.07) is 15.6. The maximum absolute atomic E-state index is 12.0. The van der Waals surface area contributed by atoms with Crippen molar-refractivity contribution in [1.29, 1.82) is 0 Å². The highest BCUT2D eigenvalue weighted by Gasteiger charge is 2.23. The molecule has 2 aromatic carbocycles. The van der Waals surface area contributed by atoms with Crippen LogP contribution >= 0.6 is 63.7 Å². The molecule has 0 bridgehead atoms. The third-order valence-corrected chi connectivity index (χ3v) is 7.80. The van der Waals surface area contributed by atoms with E-state index >= 15 is 0 Å². The molecule has 0 radical (unpaired) electrons. The maximum Gasteiger partial charge on any atom is 0.331 e. The van der Waals surface area contributed by atoms with E-state index in [0.717, 1.165) is 19.8 Å². The zero-order valence-corrected chi connectivity index (χ0v) is 33.4. The van der Waals surface area contributed by atoms with Crippen LogP contribution in [0, 0.1) is 0 Å². The maximum atomic E-state index is 12.0. The van der Waals surface area contributed by atoms with Gasteiger partial charge in [-0.2, -0.15) is 15.3 Å². The van der Waals surface area contributed by atoms with E-state index in [0.29, 0.717) is 25.0 Å². The van der Waals surface area contributed by atoms with Gasteiger partial charge in [0.1, 0.15) is 50.3 Å². The number of H-pyrrole nitrogens is 1. The van der Waals surface area contributed by atoms with E-state index in [2.05, 4.69) is 116 Å². The smallest absolute Gasteiger partial charge is 0.331 e. The van der Waals surface area contributed by atoms with E-state index < -0.39 is 6.04 Å². The molecule has 0 aliphatic carbocycles. The third-order valence-electron chi connectivity index (χ3n) is 5.31. The summed E-state index contributed by atoms with van der Waals surface area (Å²) in [4.78, 5) is 43.7. The normalized spacial score (nSPS) is 10.2. The van der Waals surface area contributed by atoms with Crippen LogP contribution < -0.4 is 0 Å². The Morgan fingerprint density at radius 1 is 0.796 bits per heavy atom. The number of nitrogens with zero attached hydrogens (tertiary/aromatic N) is 8. The van der Waals surface area contributed by atoms with Gasteiger partial charge < -0.3 is 9.47 Å². The molecule has 1 atom stereocenters. The van der Waals surface area contributed by atoms with Gasteiger partial charge in [-0.3, -0.25) is 14.7 Å². The van der Waals surface area contributed by atoms with Gasteiger partial charge in [0.2, 0.25) is 0 Å². The van der Waals surface area contributed by atoms with Crippen LogP contribution in [0.3, 0.4) is 0 Å². The summed E-state index contributed by atoms with van der Waals surface area (Å²) in [5, 5.41) is 15.2. The SMILES string of the molecule is BrCc1ccc(Br)cc1.CC(=O)CBr.CCOC(=O)C(Cc1ccc(Br)cc1)n1cncn1.CCOC(=O)Cn1cncn1.c1nc[nH]n1. The minimum absolute atomic E-state index is 0.133. The predicted octanol–water partition coefficient (Wildman–Crippen LogP) is 6.35. The number of esters is 2. The number of hydrogen-bond donors (Lipinski definition) is 1. The summed E-state index contributed by atoms with van der Waals surface area (Å²) in [5.41, 5.74) is 2.34. The molecule has 18 heteroatoms. The number of aromatic amines is 1. The summed E-state index contributed by atoms with van der Waals surface area (Å²) in [6.45, 7) is 5.97. The number of benzene rings is 2. The number of aromatic nitrogens is 9. The van der Waals surface area contributed by atoms with Gasteiger partial charge in [-0.05, 0) is 56.2 Å². The van der Waals surface area contributed by atoms with Crippen LogP contribution in [0.1, 0.15) is 37.9 Å². The van der Waals surface area contributed by atoms with Gasteiger partial charge in [-0.1, -0.05) is 88.0 Å². The zero-order valence-electron chi connectivity index (χ0n) is 27.0. The van der Waals surface area contributed by atoms with Gasteiger partial charge in [-0.25, -0.2) is 29.1 Å². The van der Waals surface area contributed by atoms with Crippen LogP contribution in [0.15, 0.2) is 95.4 Å². The van der Waals surface area contributed by atoms with Crippen LogP contribution in [-0.4, -0.2) is 81.0 Å². The Morgan fingerprint density at radius 2 is 1.37 bits per heavy atom. The molecule has 264 valence electrons. The Balaban J connectivity index is 0.000000339. The molecule has 0 saturated heterocycles. The average molecular weight is 935 g/mol. The van der Waals surface area contributed by atoms with Crippen molar-refractivity contribution >= 4 is 81.4 Å². The number of ether oxygens (including phenoxy) is 2. The van der Waals surface area contributed by atoms with E-state index in [4.69, 9.17) is 4.74 Å². The van der Waals surface area contributed by atoms with E-state index in [1.165, 1.54) is 59.8 Å². The van der Waals surface area contributed by atoms with Gasteiger partial charge in [0.15, 0.2) is 6.04 Å². The summed E-state index contributed by atoms with van der Waals surface area (Å²) in [7, 11) is 0. The summed E-state index contributed by atoms with van der Waals surface area (Å²) < 4.78 is 14.9. The molecule has 0 aliphatic heterocycles. The largest absolute Gasteiger partial charge is 0.465 e. The summed E-state index contributed by atoms with van der Waals surface area (Å²) in [6.07, 6.45) is 9.26. The van der Waals surface area contributed by atoms with Crippen LogP contribution in [0.4, 0.5) is 0 Å². The van der Waals surface area contributed by atoms with Crippen molar-refractivity contribution in [2.24, 2.45) is 0 Å². The van der Waals surface area contributed by atoms with E-state index in [1.807, 2.05) is 36.4 Å². The first kappa shape index (κ1) is 43.4. The predicted molar refractivity (Wildman–Crippen MR) is 198 cm³/mol. The van der Waals surface area contributed by atoms with Crippen molar-refractivity contribution in [1.82, 2.24) is 44.7 Å². The number of carbonyl (C=O) groups excluding carboxylic acids is 3. The molecular formula is C31H37Br4N9O5. The van der Waals surface area contributed by atoms with E-state index in [9.17, 15) is 14.4 Å². The molecule has 1 N–H and O–H groups in total. The summed E-state index contributed by atoms with van der Waals surface area (Å²) >= 11 is 13.1. The first-order valence-corrected chi connectivity index (χ1v) is 18.3. The Morgan fingerprint density at radius 3 is 1.78 bits per heavy atom. The lowest BCUT2D eigenvalue weighted by molar-refractivity contribution is -0.147. The highest BCUT2D eigenvalue weighted by molar-refractivity contribution is 9.11. The van der Waals surface area contributed by atoms with Crippen molar-refractivity contribution < 1.29 is 23.9 Å². The average Bonchev–Trinajstić information content (AvgIpc) is 3.92. The lowest BCUT2D eigenvalue weighted by atomic mass is 10.1. The highest BCUT2D eigenvalue weighted by Crippen LogP contribution is 2.18. The van der Waals surface area contributed by atoms with Crippen molar-refractivity contribution in [2.45, 2.75) is 45.1 Å². The molecule has 3 heterocycles. The molecule has 14 nitrogen and oxygen atoms in total. The fourth-order valence-corrected chi connectivity index (χ4v) is 4.04. The zero-order chi connectivity index (χ0) is 36.3. The topological polar surface area (TPSA) is 173 Å². The molecule has 0 saturated carbocycles. The number of hydrogen-bond acceptors (Lipinski definition) is 11. The quantitative estimate of drug-likeness (QED) is 0.122. The Bertz CT molecular complexity index is 1520. The number of rotatable bonds is 10. The van der Waals surface area contributed by atoms with Gasteiger partial charge in [0.25, 0.3) is 0 Å². The number of halogens is 4. The molecule has 0 fully saturated rings. The van der Waals surface area contributed by atoms with Crippen LogP contribution in [0.2, 0.25) is 0 Å². The van der Waals surface area contributed by atoms with E-state index in [1.54, 1.807) is 13.8 Å². The fraction of sp³-hybridized carbons (Fsp3) is 0.323. The van der Waals surface area contributed by atoms with Crippen molar-refractivity contribution in [2.75, 3.05) is 18.5 Å². The number of ketones is 1. The monoisotopic (exact) mass is 931 g/mol. The number of carbonyl (C=O) groups is 3. The second kappa shape index (κ2) is 27.2. The van der Waals surface area contributed by atoms with Crippen molar-refractivity contribution in [3.63, 3.8) is 0 Å². The molecule has 5 aromatic rings. The van der Waals surface area contributed by atoms with Crippen LogP contribution in [-0.2, 0) is 42.2 Å². The molecule has 5 rings (SSSR count). The molecule has 1 unspecified atom stereocenters. The minimum atomic E-state index is -0.483. The van der Waals surface area contributed by atoms with Gasteiger partial charge in [0.05, 0.1) is 18.5 Å². The standard InChI is InChI=1S/C13H14BrN3O2.C7H6Br2.C6H9N3O2.C3H5BrO.C2H3N3/c1-2-19-13(18)12(17-9-15-8-16-17)7-10-3-5-11(14)6-4-10;8-5-6-1-3-7(9)4-2-6;1-2-11-6(10)3-9-5-7-4-8-9;1-3(5)2-4;1-3-2-5-4-1/h3-6,8-9,12H,2,7H2,1H3;1-4H,5H2;4-5H,2-3H2,1H3;2H2,1H3;1-2H,(H,3,4,5). The molecule has 3 aromatic heterocycles. The Labute approximate surface area is 318 Å². The van der Waals surface area contributed by atoms with Crippen molar-refractivity contribution in [3.05, 3.63) is 107 Å². The molecular weight excluding hydrogens is 898 g/mol. The molecule has 0 amide bonds. The lowest BCUT2D eigenvalue weighted by Gasteiger charge is -2.15. The second-order valence-corrected chi connectivity index (χ2v) is 12.1. The number of nitrogens with one attached hydrogen (secondary N) is 1.